The molecule has 1 aromatic rings. The predicted octanol–water partition coefficient (Wildman–Crippen LogP) is 3.42. The van der Waals surface area contributed by atoms with E-state index in [0.717, 1.165) is 16.8 Å². The summed E-state index contributed by atoms with van der Waals surface area (Å²) in [6, 6.07) is 0. The molecule has 0 atom stereocenters. The average Bonchev–Trinajstić information content (AvgIpc) is 2.32. The van der Waals surface area contributed by atoms with Crippen LogP contribution in [0.4, 0.5) is 0 Å². The Kier molecular flexibility index (Phi) is 3.52. The molecule has 0 spiro atoms. The maximum absolute atomic E-state index is 4.41. The summed E-state index contributed by atoms with van der Waals surface area (Å²) in [5.41, 5.74) is 1.28. The second-order valence-corrected chi connectivity index (χ2v) is 4.80. The van der Waals surface area contributed by atoms with Crippen LogP contribution in [0.15, 0.2) is 3.92 Å². The molecule has 3 heteroatoms. The van der Waals surface area contributed by atoms with E-state index in [9.17, 15) is 0 Å². The molecule has 1 heterocycles. The summed E-state index contributed by atoms with van der Waals surface area (Å²) >= 11 is 5.16. The van der Waals surface area contributed by atoms with Gasteiger partial charge in [-0.1, -0.05) is 20.3 Å². The van der Waals surface area contributed by atoms with E-state index >= 15 is 0 Å². The van der Waals surface area contributed by atoms with Crippen LogP contribution in [-0.2, 0) is 12.8 Å². The van der Waals surface area contributed by atoms with Crippen LogP contribution in [0.5, 0.6) is 0 Å². The zero-order chi connectivity index (χ0) is 8.27. The lowest BCUT2D eigenvalue weighted by Gasteiger charge is -1.94. The lowest BCUT2D eigenvalue weighted by atomic mass is 10.2. The monoisotopic (exact) mass is 233 g/mol. The first-order valence-corrected chi connectivity index (χ1v) is 5.53. The van der Waals surface area contributed by atoms with Crippen LogP contribution in [0.3, 0.4) is 0 Å². The SMILES string of the molecule is CCCc1nc(Br)sc1CC. The molecule has 0 radical (unpaired) electrons. The first-order chi connectivity index (χ1) is 5.27. The fourth-order valence-electron chi connectivity index (χ4n) is 1.06. The Morgan fingerprint density at radius 3 is 2.73 bits per heavy atom. The molecule has 0 aliphatic heterocycles. The Balaban J connectivity index is 2.83. The number of nitrogens with zero attached hydrogens (tertiary/aromatic N) is 1. The predicted molar refractivity (Wildman–Crippen MR) is 53.2 cm³/mol. The van der Waals surface area contributed by atoms with Gasteiger partial charge in [-0.3, -0.25) is 0 Å². The van der Waals surface area contributed by atoms with Gasteiger partial charge in [0.05, 0.1) is 5.69 Å². The highest BCUT2D eigenvalue weighted by atomic mass is 79.9. The van der Waals surface area contributed by atoms with Crippen molar-refractivity contribution in [3.05, 3.63) is 14.5 Å². The third-order valence-corrected chi connectivity index (χ3v) is 3.25. The molecule has 62 valence electrons. The summed E-state index contributed by atoms with van der Waals surface area (Å²) in [6.45, 7) is 4.37. The van der Waals surface area contributed by atoms with Gasteiger partial charge in [-0.15, -0.1) is 11.3 Å². The molecule has 0 saturated carbocycles. The molecular weight excluding hydrogens is 222 g/mol. The van der Waals surface area contributed by atoms with Crippen molar-refractivity contribution >= 4 is 27.3 Å². The summed E-state index contributed by atoms with van der Waals surface area (Å²) in [7, 11) is 0. The smallest absolute Gasteiger partial charge is 0.159 e. The molecule has 11 heavy (non-hydrogen) atoms. The Labute approximate surface area is 80.0 Å². The molecule has 0 aliphatic carbocycles. The number of hydrogen-bond donors (Lipinski definition) is 0. The Morgan fingerprint density at radius 2 is 2.18 bits per heavy atom. The molecule has 0 saturated heterocycles. The molecule has 1 aromatic heterocycles. The van der Waals surface area contributed by atoms with E-state index in [1.165, 1.54) is 17.0 Å². The van der Waals surface area contributed by atoms with Crippen molar-refractivity contribution in [2.24, 2.45) is 0 Å². The van der Waals surface area contributed by atoms with E-state index in [4.69, 9.17) is 0 Å². The molecule has 1 nitrogen and oxygen atoms in total. The van der Waals surface area contributed by atoms with Gasteiger partial charge in [0.1, 0.15) is 0 Å². The lowest BCUT2D eigenvalue weighted by Crippen LogP contribution is -1.87. The minimum Gasteiger partial charge on any atom is -0.234 e. The fourth-order valence-corrected chi connectivity index (χ4v) is 2.63. The number of thiazole rings is 1. The summed E-state index contributed by atoms with van der Waals surface area (Å²) in [4.78, 5) is 5.84. The van der Waals surface area contributed by atoms with Crippen LogP contribution in [-0.4, -0.2) is 4.98 Å². The zero-order valence-electron chi connectivity index (χ0n) is 6.85. The Hall–Kier alpha value is 0.110. The van der Waals surface area contributed by atoms with Crippen molar-refractivity contribution in [2.75, 3.05) is 0 Å². The van der Waals surface area contributed by atoms with Gasteiger partial charge in [-0.2, -0.15) is 0 Å². The van der Waals surface area contributed by atoms with Crippen molar-refractivity contribution in [3.8, 4) is 0 Å². The first-order valence-electron chi connectivity index (χ1n) is 3.92. The Bertz CT molecular complexity index is 232. The number of rotatable bonds is 3. The summed E-state index contributed by atoms with van der Waals surface area (Å²) in [5, 5.41) is 0. The van der Waals surface area contributed by atoms with E-state index < -0.39 is 0 Å². The van der Waals surface area contributed by atoms with Crippen LogP contribution in [0.25, 0.3) is 0 Å². The first kappa shape index (κ1) is 9.20. The van der Waals surface area contributed by atoms with Crippen molar-refractivity contribution in [3.63, 3.8) is 0 Å². The van der Waals surface area contributed by atoms with E-state index in [1.807, 2.05) is 0 Å². The third-order valence-electron chi connectivity index (χ3n) is 1.56. The van der Waals surface area contributed by atoms with Gasteiger partial charge in [0.15, 0.2) is 3.92 Å². The summed E-state index contributed by atoms with van der Waals surface area (Å²) in [5.74, 6) is 0. The maximum atomic E-state index is 4.41. The lowest BCUT2D eigenvalue weighted by molar-refractivity contribution is 0.872. The number of aryl methyl sites for hydroxylation is 2. The molecular formula is C8H12BrNS. The van der Waals surface area contributed by atoms with Gasteiger partial charge in [0.2, 0.25) is 0 Å². The van der Waals surface area contributed by atoms with Crippen LogP contribution in [0, 0.1) is 0 Å². The highest BCUT2D eigenvalue weighted by Crippen LogP contribution is 2.24. The quantitative estimate of drug-likeness (QED) is 0.780. The average molecular weight is 234 g/mol. The topological polar surface area (TPSA) is 12.9 Å². The normalized spacial score (nSPS) is 10.5. The molecule has 0 bridgehead atoms. The van der Waals surface area contributed by atoms with Crippen molar-refractivity contribution in [1.82, 2.24) is 4.98 Å². The van der Waals surface area contributed by atoms with Gasteiger partial charge in [-0.25, -0.2) is 4.98 Å². The fraction of sp³-hybridized carbons (Fsp3) is 0.625. The minimum absolute atomic E-state index is 1.03. The second kappa shape index (κ2) is 4.21. The Morgan fingerprint density at radius 1 is 1.45 bits per heavy atom. The molecule has 0 fully saturated rings. The standard InChI is InChI=1S/C8H12BrNS/c1-3-5-6-7(4-2)11-8(9)10-6/h3-5H2,1-2H3. The van der Waals surface area contributed by atoms with E-state index in [1.54, 1.807) is 11.3 Å². The third kappa shape index (κ3) is 2.27. The van der Waals surface area contributed by atoms with Gasteiger partial charge in [0.25, 0.3) is 0 Å². The highest BCUT2D eigenvalue weighted by Gasteiger charge is 2.05. The van der Waals surface area contributed by atoms with Crippen LogP contribution < -0.4 is 0 Å². The van der Waals surface area contributed by atoms with Gasteiger partial charge < -0.3 is 0 Å². The van der Waals surface area contributed by atoms with Crippen molar-refractivity contribution < 1.29 is 0 Å². The summed E-state index contributed by atoms with van der Waals surface area (Å²) < 4.78 is 1.03. The molecule has 0 N–H and O–H groups in total. The van der Waals surface area contributed by atoms with E-state index in [2.05, 4.69) is 34.8 Å². The second-order valence-electron chi connectivity index (χ2n) is 2.44. The molecule has 0 aliphatic rings. The molecule has 0 amide bonds. The largest absolute Gasteiger partial charge is 0.234 e. The van der Waals surface area contributed by atoms with Crippen molar-refractivity contribution in [2.45, 2.75) is 33.1 Å². The zero-order valence-corrected chi connectivity index (χ0v) is 9.26. The van der Waals surface area contributed by atoms with Crippen LogP contribution in [0.1, 0.15) is 30.8 Å². The number of halogens is 1. The van der Waals surface area contributed by atoms with E-state index in [0.29, 0.717) is 0 Å². The van der Waals surface area contributed by atoms with Crippen LogP contribution >= 0.6 is 27.3 Å². The molecule has 0 unspecified atom stereocenters. The highest BCUT2D eigenvalue weighted by molar-refractivity contribution is 9.11. The number of aromatic nitrogens is 1. The van der Waals surface area contributed by atoms with Crippen LogP contribution in [0.2, 0.25) is 0 Å². The maximum Gasteiger partial charge on any atom is 0.159 e. The van der Waals surface area contributed by atoms with E-state index in [-0.39, 0.29) is 0 Å². The minimum atomic E-state index is 1.03. The molecule has 0 aromatic carbocycles. The van der Waals surface area contributed by atoms with Gasteiger partial charge in [-0.05, 0) is 28.8 Å². The molecule has 1 rings (SSSR count). The van der Waals surface area contributed by atoms with Gasteiger partial charge in [0, 0.05) is 4.88 Å². The number of hydrogen-bond acceptors (Lipinski definition) is 2. The van der Waals surface area contributed by atoms with Crippen molar-refractivity contribution in [1.29, 1.82) is 0 Å². The van der Waals surface area contributed by atoms with Gasteiger partial charge >= 0.3 is 0 Å². The summed E-state index contributed by atoms with van der Waals surface area (Å²) in [6.07, 6.45) is 3.41.